The van der Waals surface area contributed by atoms with Gasteiger partial charge in [-0.1, -0.05) is 0 Å². The zero-order valence-corrected chi connectivity index (χ0v) is 21.0. The molecule has 0 aliphatic heterocycles. The first kappa shape index (κ1) is 28.4. The second-order valence-corrected chi connectivity index (χ2v) is 10.7. The molecule has 2 aromatic rings. The third-order valence-electron chi connectivity index (χ3n) is 4.57. The third-order valence-corrected chi connectivity index (χ3v) is 6.29. The highest BCUT2D eigenvalue weighted by molar-refractivity contribution is 7.94. The van der Waals surface area contributed by atoms with Gasteiger partial charge in [-0.25, -0.2) is 27.9 Å². The molecule has 0 radical (unpaired) electrons. The maximum Gasteiger partial charge on any atom is 0.335 e. The van der Waals surface area contributed by atoms with Gasteiger partial charge >= 0.3 is 11.9 Å². The molecule has 1 aromatic heterocycles. The van der Waals surface area contributed by atoms with Crippen LogP contribution in [0.5, 0.6) is 0 Å². The van der Waals surface area contributed by atoms with E-state index in [1.54, 1.807) is 0 Å². The Morgan fingerprint density at radius 3 is 2.03 bits per heavy atom. The van der Waals surface area contributed by atoms with Crippen LogP contribution in [0.3, 0.4) is 0 Å². The maximum atomic E-state index is 11.4. The smallest absolute Gasteiger partial charge is 0.335 e. The largest absolute Gasteiger partial charge is 0.478 e. The Kier molecular flexibility index (Phi) is 11.3. The van der Waals surface area contributed by atoms with Crippen LogP contribution in [0.25, 0.3) is 0 Å². The van der Waals surface area contributed by atoms with Crippen LogP contribution >= 0.6 is 12.0 Å². The molecule has 0 fully saturated rings. The number of nitrogens with one attached hydrogen (secondary N) is 1. The van der Waals surface area contributed by atoms with Crippen LogP contribution in [0.4, 0.5) is 11.6 Å². The van der Waals surface area contributed by atoms with E-state index in [1.165, 1.54) is 37.5 Å². The molecule has 1 aromatic carbocycles. The Balaban J connectivity index is 2.21. The van der Waals surface area contributed by atoms with E-state index in [1.807, 2.05) is 0 Å². The number of carboxylic acids is 2. The number of carboxylic acid groups (broad SMARTS) is 2. The average Bonchev–Trinajstić information content (AvgIpc) is 2.78. The first-order valence-electron chi connectivity index (χ1n) is 10.7. The predicted molar refractivity (Wildman–Crippen MR) is 130 cm³/mol. The number of carbonyl (C=O) groups is 2. The van der Waals surface area contributed by atoms with E-state index in [-0.39, 0.29) is 28.5 Å². The van der Waals surface area contributed by atoms with E-state index in [0.29, 0.717) is 43.1 Å². The van der Waals surface area contributed by atoms with Crippen LogP contribution < -0.4 is 5.32 Å². The summed E-state index contributed by atoms with van der Waals surface area (Å²) in [5, 5.41) is 21.5. The molecule has 0 atom stereocenters. The molecule has 0 saturated heterocycles. The van der Waals surface area contributed by atoms with Crippen molar-refractivity contribution >= 4 is 45.5 Å². The molecule has 12 nitrogen and oxygen atoms in total. The lowest BCUT2D eigenvalue weighted by Gasteiger charge is -2.11. The molecule has 35 heavy (non-hydrogen) atoms. The number of hydrogen-bond donors (Lipinski definition) is 3. The molecular formula is C21H28N4O8S2. The fourth-order valence-electron chi connectivity index (χ4n) is 3.00. The molecule has 192 valence electrons. The van der Waals surface area contributed by atoms with Gasteiger partial charge in [-0.2, -0.15) is 14.3 Å². The molecule has 14 heteroatoms. The van der Waals surface area contributed by atoms with E-state index in [2.05, 4.69) is 25.2 Å². The maximum absolute atomic E-state index is 11.4. The number of benzene rings is 1. The summed E-state index contributed by atoms with van der Waals surface area (Å²) in [7, 11) is -1.64. The Labute approximate surface area is 207 Å². The van der Waals surface area contributed by atoms with Gasteiger partial charge in [0.2, 0.25) is 5.95 Å². The van der Waals surface area contributed by atoms with Crippen LogP contribution in [0.2, 0.25) is 0 Å². The highest BCUT2D eigenvalue weighted by Gasteiger charge is 2.14. The van der Waals surface area contributed by atoms with Gasteiger partial charge in [0.1, 0.15) is 21.5 Å². The normalized spacial score (nSPS) is 11.4. The van der Waals surface area contributed by atoms with Crippen molar-refractivity contribution in [2.45, 2.75) is 38.5 Å². The zero-order valence-electron chi connectivity index (χ0n) is 19.4. The Bertz CT molecular complexity index is 1100. The van der Waals surface area contributed by atoms with Crippen LogP contribution in [-0.2, 0) is 31.9 Å². The molecule has 2 rings (SSSR count). The molecule has 0 saturated carbocycles. The Morgan fingerprint density at radius 1 is 0.943 bits per heavy atom. The zero-order chi connectivity index (χ0) is 25.8. The highest BCUT2D eigenvalue weighted by Crippen LogP contribution is 2.20. The molecule has 0 bridgehead atoms. The Hall–Kier alpha value is -2.81. The molecule has 0 spiro atoms. The second-order valence-electron chi connectivity index (χ2n) is 7.63. The Morgan fingerprint density at radius 2 is 1.51 bits per heavy atom. The molecule has 3 N–H and O–H groups in total. The molecule has 0 amide bonds. The molecule has 0 aliphatic carbocycles. The summed E-state index contributed by atoms with van der Waals surface area (Å²) in [6.07, 6.45) is 4.73. The number of nitrogens with zero attached hydrogens (tertiary/aromatic N) is 3. The van der Waals surface area contributed by atoms with Crippen LogP contribution in [0.1, 0.15) is 58.0 Å². The number of aromatic nitrogens is 3. The summed E-state index contributed by atoms with van der Waals surface area (Å²) in [5.74, 6) is -0.658. The summed E-state index contributed by atoms with van der Waals surface area (Å²) in [6, 6.07) is 3.64. The first-order valence-corrected chi connectivity index (χ1v) is 13.7. The van der Waals surface area contributed by atoms with E-state index in [4.69, 9.17) is 4.33 Å². The second kappa shape index (κ2) is 13.9. The lowest BCUT2D eigenvalue weighted by molar-refractivity contribution is -0.160. The number of hydrogen-bond acceptors (Lipinski definition) is 11. The summed E-state index contributed by atoms with van der Waals surface area (Å²) in [6.45, 7) is 0. The van der Waals surface area contributed by atoms with Crippen molar-refractivity contribution in [3.63, 3.8) is 0 Å². The van der Waals surface area contributed by atoms with Crippen molar-refractivity contribution in [2.75, 3.05) is 30.2 Å². The molecule has 1 heterocycles. The summed E-state index contributed by atoms with van der Waals surface area (Å²) in [5.41, 5.74) is -0.187. The lowest BCUT2D eigenvalue weighted by Crippen LogP contribution is -2.10. The van der Waals surface area contributed by atoms with Gasteiger partial charge in [0.05, 0.1) is 18.2 Å². The van der Waals surface area contributed by atoms with E-state index in [9.17, 15) is 28.2 Å². The van der Waals surface area contributed by atoms with Crippen molar-refractivity contribution in [3.05, 3.63) is 41.0 Å². The fraction of sp³-hybridized carbons (Fsp3) is 0.476. The van der Waals surface area contributed by atoms with Crippen molar-refractivity contribution in [1.29, 1.82) is 0 Å². The average molecular weight is 529 g/mol. The van der Waals surface area contributed by atoms with Gasteiger partial charge < -0.3 is 15.5 Å². The van der Waals surface area contributed by atoms with Crippen LogP contribution in [0, 0.1) is 0 Å². The van der Waals surface area contributed by atoms with E-state index >= 15 is 0 Å². The van der Waals surface area contributed by atoms with Crippen molar-refractivity contribution < 1.29 is 37.4 Å². The van der Waals surface area contributed by atoms with Gasteiger partial charge in [-0.3, -0.25) is 0 Å². The fourth-order valence-corrected chi connectivity index (χ4v) is 4.21. The van der Waals surface area contributed by atoms with Gasteiger partial charge in [-0.05, 0) is 43.9 Å². The van der Waals surface area contributed by atoms with Gasteiger partial charge in [0.15, 0.2) is 0 Å². The highest BCUT2D eigenvalue weighted by atomic mass is 32.2. The predicted octanol–water partition coefficient (Wildman–Crippen LogP) is 2.93. The van der Waals surface area contributed by atoms with Gasteiger partial charge in [-0.15, -0.1) is 0 Å². The van der Waals surface area contributed by atoms with Crippen LogP contribution in [0.15, 0.2) is 18.2 Å². The number of anilines is 2. The van der Waals surface area contributed by atoms with Gasteiger partial charge in [0.25, 0.3) is 0 Å². The minimum atomic E-state index is -3.06. The lowest BCUT2D eigenvalue weighted by atomic mass is 10.1. The summed E-state index contributed by atoms with van der Waals surface area (Å²) in [4.78, 5) is 40.5. The standard InChI is InChI=1S/C21H28N4O8S2/c1-32-33-34-9-5-3-7-17-23-18(8-4-6-10-35(2,30)31)25-21(24-17)22-16-12-14(19(26)27)11-15(13-16)20(28)29/h11-13H,3-10H2,1-2H3,(H,26,27)(H,28,29)(H,22,23,24,25). The van der Waals surface area contributed by atoms with Crippen molar-refractivity contribution in [1.82, 2.24) is 15.0 Å². The minimum absolute atomic E-state index is 0.0667. The van der Waals surface area contributed by atoms with Crippen LogP contribution in [-0.4, -0.2) is 70.4 Å². The summed E-state index contributed by atoms with van der Waals surface area (Å²) < 4.78 is 27.5. The summed E-state index contributed by atoms with van der Waals surface area (Å²) >= 11 is 1.19. The monoisotopic (exact) mass is 528 g/mol. The topological polar surface area (TPSA) is 178 Å². The SMILES string of the molecule is COOSCCCCc1nc(CCCCS(C)(=O)=O)nc(Nc2cc(C(=O)O)cc(C(=O)O)c2)n1. The molecule has 0 aliphatic rings. The quantitative estimate of drug-likeness (QED) is 0.125. The van der Waals surface area contributed by atoms with Crippen molar-refractivity contribution in [2.24, 2.45) is 0 Å². The molecule has 0 unspecified atom stereocenters. The minimum Gasteiger partial charge on any atom is -0.478 e. The number of rotatable bonds is 16. The number of aromatic carboxylic acids is 2. The van der Waals surface area contributed by atoms with E-state index < -0.39 is 21.8 Å². The number of unbranched alkanes of at least 4 members (excludes halogenated alkanes) is 2. The molecular weight excluding hydrogens is 500 g/mol. The number of sulfone groups is 1. The van der Waals surface area contributed by atoms with Crippen molar-refractivity contribution in [3.8, 4) is 0 Å². The third kappa shape index (κ3) is 11.0. The number of aryl methyl sites for hydroxylation is 2. The van der Waals surface area contributed by atoms with Gasteiger partial charge in [0, 0.05) is 48.3 Å². The van der Waals surface area contributed by atoms with E-state index in [0.717, 1.165) is 18.9 Å². The first-order chi connectivity index (χ1) is 16.6.